The molecule has 0 bridgehead atoms. The lowest BCUT2D eigenvalue weighted by atomic mass is 10.1. The van der Waals surface area contributed by atoms with Gasteiger partial charge < -0.3 is 14.8 Å². The maximum absolute atomic E-state index is 10.7. The van der Waals surface area contributed by atoms with Gasteiger partial charge >= 0.3 is 5.97 Å². The predicted octanol–water partition coefficient (Wildman–Crippen LogP) is 1.95. The number of carboxylic acid groups (broad SMARTS) is 1. The Kier molecular flexibility index (Phi) is 5.35. The number of hydrogen-bond acceptors (Lipinski definition) is 5. The van der Waals surface area contributed by atoms with Gasteiger partial charge in [0, 0.05) is 6.54 Å². The summed E-state index contributed by atoms with van der Waals surface area (Å²) in [5, 5.41) is 27.8. The van der Waals surface area contributed by atoms with Crippen molar-refractivity contribution in [3.05, 3.63) is 41.7 Å². The van der Waals surface area contributed by atoms with Gasteiger partial charge in [-0.05, 0) is 12.0 Å². The van der Waals surface area contributed by atoms with Crippen LogP contribution in [0.3, 0.4) is 0 Å². The number of aliphatic hydroxyl groups excluding tert-OH is 1. The molecule has 21 heavy (non-hydrogen) atoms. The van der Waals surface area contributed by atoms with Gasteiger partial charge in [0.1, 0.15) is 6.10 Å². The lowest BCUT2D eigenvalue weighted by Gasteiger charge is -2.13. The topological polar surface area (TPSA) is 88.2 Å². The van der Waals surface area contributed by atoms with Crippen LogP contribution in [0.2, 0.25) is 0 Å². The number of nitrogens with zero attached hydrogens (tertiary/aromatic N) is 3. The highest BCUT2D eigenvalue weighted by Crippen LogP contribution is 2.25. The fraction of sp³-hybridized carbons (Fsp3) is 0.357. The summed E-state index contributed by atoms with van der Waals surface area (Å²) in [6.45, 7) is 2.64. The van der Waals surface area contributed by atoms with Gasteiger partial charge in [0.25, 0.3) is 0 Å². The van der Waals surface area contributed by atoms with Crippen molar-refractivity contribution >= 4 is 17.7 Å². The largest absolute Gasteiger partial charge is 0.481 e. The van der Waals surface area contributed by atoms with E-state index in [4.69, 9.17) is 5.11 Å². The van der Waals surface area contributed by atoms with Crippen molar-refractivity contribution in [1.82, 2.24) is 14.8 Å². The smallest absolute Gasteiger partial charge is 0.313 e. The van der Waals surface area contributed by atoms with Crippen LogP contribution >= 0.6 is 11.8 Å². The van der Waals surface area contributed by atoms with Crippen LogP contribution in [0.5, 0.6) is 0 Å². The Morgan fingerprint density at radius 3 is 2.67 bits per heavy atom. The van der Waals surface area contributed by atoms with Gasteiger partial charge in [0.15, 0.2) is 11.0 Å². The zero-order valence-corrected chi connectivity index (χ0v) is 12.5. The van der Waals surface area contributed by atoms with Gasteiger partial charge in [-0.1, -0.05) is 49.0 Å². The molecule has 2 N–H and O–H groups in total. The van der Waals surface area contributed by atoms with E-state index in [2.05, 4.69) is 10.2 Å². The summed E-state index contributed by atoms with van der Waals surface area (Å²) in [5.41, 5.74) is 0.733. The minimum atomic E-state index is -0.906. The number of aliphatic hydroxyl groups is 1. The summed E-state index contributed by atoms with van der Waals surface area (Å²) in [6, 6.07) is 9.21. The normalized spacial score (nSPS) is 12.3. The van der Waals surface area contributed by atoms with Crippen LogP contribution in [-0.2, 0) is 11.3 Å². The molecule has 1 aromatic carbocycles. The maximum atomic E-state index is 10.7. The lowest BCUT2D eigenvalue weighted by molar-refractivity contribution is -0.133. The molecule has 0 aliphatic carbocycles. The third-order valence-corrected chi connectivity index (χ3v) is 3.83. The molecule has 0 saturated heterocycles. The van der Waals surface area contributed by atoms with Crippen molar-refractivity contribution in [1.29, 1.82) is 0 Å². The fourth-order valence-electron chi connectivity index (χ4n) is 1.95. The van der Waals surface area contributed by atoms with Gasteiger partial charge in [-0.3, -0.25) is 4.79 Å². The quantitative estimate of drug-likeness (QED) is 0.760. The van der Waals surface area contributed by atoms with Crippen LogP contribution in [0.25, 0.3) is 0 Å². The molecule has 1 atom stereocenters. The number of benzene rings is 1. The second kappa shape index (κ2) is 7.24. The van der Waals surface area contributed by atoms with Crippen LogP contribution in [0.4, 0.5) is 0 Å². The third-order valence-electron chi connectivity index (χ3n) is 2.88. The van der Waals surface area contributed by atoms with Crippen LogP contribution in [0.15, 0.2) is 35.5 Å². The minimum absolute atomic E-state index is 0.0801. The van der Waals surface area contributed by atoms with Gasteiger partial charge in [-0.25, -0.2) is 0 Å². The average molecular weight is 307 g/mol. The second-order valence-corrected chi connectivity index (χ2v) is 5.43. The van der Waals surface area contributed by atoms with Crippen LogP contribution in [-0.4, -0.2) is 36.7 Å². The number of rotatable bonds is 7. The summed E-state index contributed by atoms with van der Waals surface area (Å²) in [7, 11) is 0. The van der Waals surface area contributed by atoms with Gasteiger partial charge in [0.2, 0.25) is 0 Å². The molecule has 0 aliphatic rings. The molecule has 2 aromatic rings. The first-order valence-corrected chi connectivity index (χ1v) is 7.62. The Morgan fingerprint density at radius 2 is 2.05 bits per heavy atom. The number of aromatic nitrogens is 3. The zero-order chi connectivity index (χ0) is 15.2. The Hall–Kier alpha value is -1.86. The monoisotopic (exact) mass is 307 g/mol. The third kappa shape index (κ3) is 3.83. The van der Waals surface area contributed by atoms with E-state index in [1.165, 1.54) is 0 Å². The number of carboxylic acids is 1. The highest BCUT2D eigenvalue weighted by molar-refractivity contribution is 7.99. The Bertz CT molecular complexity index is 601. The average Bonchev–Trinajstić information content (AvgIpc) is 2.88. The fourth-order valence-corrected chi connectivity index (χ4v) is 2.65. The van der Waals surface area contributed by atoms with Crippen molar-refractivity contribution in [2.75, 3.05) is 5.75 Å². The molecule has 0 amide bonds. The van der Waals surface area contributed by atoms with Gasteiger partial charge in [-0.2, -0.15) is 0 Å². The van der Waals surface area contributed by atoms with Crippen molar-refractivity contribution in [2.45, 2.75) is 31.1 Å². The van der Waals surface area contributed by atoms with Crippen LogP contribution < -0.4 is 0 Å². The molecule has 6 nitrogen and oxygen atoms in total. The predicted molar refractivity (Wildman–Crippen MR) is 79.2 cm³/mol. The summed E-state index contributed by atoms with van der Waals surface area (Å²) in [4.78, 5) is 10.7. The molecule has 2 rings (SSSR count). The van der Waals surface area contributed by atoms with Gasteiger partial charge in [-0.15, -0.1) is 10.2 Å². The standard InChI is InChI=1S/C14H17N3O3S/c1-2-8-17-13(12(20)10-6-4-3-5-7-10)15-16-14(17)21-9-11(18)19/h3-7,12,20H,2,8-9H2,1H3,(H,18,19). The minimum Gasteiger partial charge on any atom is -0.481 e. The Labute approximate surface area is 126 Å². The molecule has 1 aromatic heterocycles. The van der Waals surface area contributed by atoms with E-state index < -0.39 is 12.1 Å². The zero-order valence-electron chi connectivity index (χ0n) is 11.6. The molecule has 0 fully saturated rings. The Morgan fingerprint density at radius 1 is 1.33 bits per heavy atom. The lowest BCUT2D eigenvalue weighted by Crippen LogP contribution is -2.11. The van der Waals surface area contributed by atoms with E-state index in [0.717, 1.165) is 23.7 Å². The molecule has 112 valence electrons. The molecule has 7 heteroatoms. The van der Waals surface area contributed by atoms with Crippen molar-refractivity contribution < 1.29 is 15.0 Å². The Balaban J connectivity index is 2.28. The molecule has 1 unspecified atom stereocenters. The SMILES string of the molecule is CCCn1c(SCC(=O)O)nnc1C(O)c1ccccc1. The van der Waals surface area contributed by atoms with E-state index in [9.17, 15) is 9.90 Å². The summed E-state index contributed by atoms with van der Waals surface area (Å²) < 4.78 is 1.78. The summed E-state index contributed by atoms with van der Waals surface area (Å²) >= 11 is 1.11. The molecular formula is C14H17N3O3S. The molecule has 0 radical (unpaired) electrons. The first-order valence-electron chi connectivity index (χ1n) is 6.64. The number of carbonyl (C=O) groups is 1. The van der Waals surface area contributed by atoms with Crippen LogP contribution in [0, 0.1) is 0 Å². The first-order chi connectivity index (χ1) is 10.1. The van der Waals surface area contributed by atoms with E-state index in [1.54, 1.807) is 4.57 Å². The number of aliphatic carboxylic acids is 1. The molecule has 0 saturated carbocycles. The molecule has 1 heterocycles. The van der Waals surface area contributed by atoms with E-state index >= 15 is 0 Å². The van der Waals surface area contributed by atoms with Gasteiger partial charge in [0.05, 0.1) is 5.75 Å². The van der Waals surface area contributed by atoms with Crippen LogP contribution in [0.1, 0.15) is 30.8 Å². The van der Waals surface area contributed by atoms with E-state index in [-0.39, 0.29) is 5.75 Å². The van der Waals surface area contributed by atoms with E-state index in [1.807, 2.05) is 37.3 Å². The first kappa shape index (κ1) is 15.5. The number of hydrogen-bond donors (Lipinski definition) is 2. The maximum Gasteiger partial charge on any atom is 0.313 e. The van der Waals surface area contributed by atoms with Crippen molar-refractivity contribution in [3.63, 3.8) is 0 Å². The van der Waals surface area contributed by atoms with Crippen molar-refractivity contribution in [2.24, 2.45) is 0 Å². The highest BCUT2D eigenvalue weighted by atomic mass is 32.2. The van der Waals surface area contributed by atoms with Crippen molar-refractivity contribution in [3.8, 4) is 0 Å². The second-order valence-electron chi connectivity index (χ2n) is 4.49. The molecule has 0 aliphatic heterocycles. The number of thioether (sulfide) groups is 1. The summed E-state index contributed by atoms with van der Waals surface area (Å²) in [5.74, 6) is -0.546. The molecule has 0 spiro atoms. The highest BCUT2D eigenvalue weighted by Gasteiger charge is 2.20. The van der Waals surface area contributed by atoms with E-state index in [0.29, 0.717) is 17.5 Å². The molecular weight excluding hydrogens is 290 g/mol. The summed E-state index contributed by atoms with van der Waals surface area (Å²) in [6.07, 6.45) is -0.0304.